The van der Waals surface area contributed by atoms with Crippen LogP contribution in [0, 0.1) is 5.92 Å². The summed E-state index contributed by atoms with van der Waals surface area (Å²) in [4.78, 5) is 12.1. The highest BCUT2D eigenvalue weighted by atomic mass is 79.9. The van der Waals surface area contributed by atoms with Gasteiger partial charge in [-0.2, -0.15) is 0 Å². The number of alkyl halides is 2. The number of hydrogen-bond acceptors (Lipinski definition) is 1. The molecular weight excluding hydrogens is 338 g/mol. The predicted molar refractivity (Wildman–Crippen MR) is 75.0 cm³/mol. The summed E-state index contributed by atoms with van der Waals surface area (Å²) >= 11 is 9.25. The van der Waals surface area contributed by atoms with E-state index in [0.29, 0.717) is 23.4 Å². The van der Waals surface area contributed by atoms with E-state index >= 15 is 0 Å². The number of rotatable bonds is 3. The molecule has 1 unspecified atom stereocenters. The molecule has 1 nitrogen and oxygen atoms in total. The highest BCUT2D eigenvalue weighted by Crippen LogP contribution is 2.38. The molecule has 0 N–H and O–H groups in total. The minimum Gasteiger partial charge on any atom is -0.294 e. The summed E-state index contributed by atoms with van der Waals surface area (Å²) in [5.41, 5.74) is 0.407. The van der Waals surface area contributed by atoms with Crippen molar-refractivity contribution in [3.63, 3.8) is 0 Å². The van der Waals surface area contributed by atoms with Gasteiger partial charge in [0.25, 0.3) is 0 Å². The summed E-state index contributed by atoms with van der Waals surface area (Å²) in [6.45, 7) is 0. The second kappa shape index (κ2) is 5.88. The number of Topliss-reactive ketones (excluding diaryl/α,β-unsaturated/α-hetero) is 1. The first kappa shape index (κ1) is 14.9. The van der Waals surface area contributed by atoms with Crippen molar-refractivity contribution in [2.45, 2.75) is 38.0 Å². The lowest BCUT2D eigenvalue weighted by Gasteiger charge is -2.28. The van der Waals surface area contributed by atoms with E-state index < -0.39 is 5.92 Å². The summed E-state index contributed by atoms with van der Waals surface area (Å²) < 4.78 is 27.4. The van der Waals surface area contributed by atoms with E-state index in [2.05, 4.69) is 15.9 Å². The maximum atomic E-state index is 13.3. The number of halogens is 4. The Hall–Kier alpha value is -0.480. The number of carbonyl (C=O) groups excluding carboxylic acids is 1. The first-order chi connectivity index (χ1) is 8.87. The van der Waals surface area contributed by atoms with Crippen molar-refractivity contribution < 1.29 is 13.6 Å². The zero-order valence-electron chi connectivity index (χ0n) is 10.3. The third kappa shape index (κ3) is 3.99. The van der Waals surface area contributed by atoms with E-state index in [0.717, 1.165) is 4.47 Å². The Labute approximate surface area is 124 Å². The number of ketones is 1. The fourth-order valence-electron chi connectivity index (χ4n) is 2.53. The van der Waals surface area contributed by atoms with Crippen LogP contribution in [0.4, 0.5) is 8.78 Å². The Morgan fingerprint density at radius 3 is 2.89 bits per heavy atom. The van der Waals surface area contributed by atoms with E-state index in [1.54, 1.807) is 18.2 Å². The van der Waals surface area contributed by atoms with Crippen LogP contribution >= 0.6 is 27.5 Å². The van der Waals surface area contributed by atoms with E-state index in [1.165, 1.54) is 0 Å². The zero-order chi connectivity index (χ0) is 14.0. The van der Waals surface area contributed by atoms with E-state index in [-0.39, 0.29) is 31.0 Å². The van der Waals surface area contributed by atoms with Crippen LogP contribution in [0.3, 0.4) is 0 Å². The smallest absolute Gasteiger partial charge is 0.248 e. The van der Waals surface area contributed by atoms with Gasteiger partial charge in [-0.25, -0.2) is 8.78 Å². The second-order valence-corrected chi connectivity index (χ2v) is 6.39. The lowest BCUT2D eigenvalue weighted by atomic mass is 9.82. The van der Waals surface area contributed by atoms with Crippen molar-refractivity contribution in [3.05, 3.63) is 33.3 Å². The Morgan fingerprint density at radius 1 is 1.47 bits per heavy atom. The van der Waals surface area contributed by atoms with Gasteiger partial charge in [0, 0.05) is 29.3 Å². The van der Waals surface area contributed by atoms with Gasteiger partial charge in [-0.1, -0.05) is 27.5 Å². The Balaban J connectivity index is 2.06. The van der Waals surface area contributed by atoms with Crippen LogP contribution in [0.2, 0.25) is 5.02 Å². The molecule has 19 heavy (non-hydrogen) atoms. The van der Waals surface area contributed by atoms with E-state index in [9.17, 15) is 13.6 Å². The molecule has 0 aliphatic heterocycles. The predicted octanol–water partition coefficient (Wildman–Crippen LogP) is 5.50. The first-order valence-electron chi connectivity index (χ1n) is 6.23. The molecule has 0 bridgehead atoms. The topological polar surface area (TPSA) is 17.1 Å². The van der Waals surface area contributed by atoms with Crippen molar-refractivity contribution in [3.8, 4) is 0 Å². The van der Waals surface area contributed by atoms with Crippen LogP contribution in [-0.2, 0) is 0 Å². The monoisotopic (exact) mass is 350 g/mol. The molecule has 1 aliphatic rings. The molecule has 0 amide bonds. The largest absolute Gasteiger partial charge is 0.294 e. The quantitative estimate of drug-likeness (QED) is 0.657. The van der Waals surface area contributed by atoms with Crippen molar-refractivity contribution >= 4 is 33.3 Å². The van der Waals surface area contributed by atoms with Gasteiger partial charge < -0.3 is 0 Å². The maximum Gasteiger partial charge on any atom is 0.248 e. The molecule has 0 aromatic heterocycles. The molecule has 5 heteroatoms. The summed E-state index contributed by atoms with van der Waals surface area (Å²) in [5, 5.41) is 0.371. The fraction of sp³-hybridized carbons (Fsp3) is 0.500. The number of hydrogen-bond donors (Lipinski definition) is 0. The van der Waals surface area contributed by atoms with Crippen molar-refractivity contribution in [1.82, 2.24) is 0 Å². The molecular formula is C14H14BrClF2O. The van der Waals surface area contributed by atoms with E-state index in [4.69, 9.17) is 11.6 Å². The molecule has 1 aliphatic carbocycles. The highest BCUT2D eigenvalue weighted by Gasteiger charge is 2.37. The summed E-state index contributed by atoms with van der Waals surface area (Å²) in [6.07, 6.45) is 1.07. The normalized spacial score (nSPS) is 22.2. The minimum atomic E-state index is -2.62. The Morgan fingerprint density at radius 2 is 2.21 bits per heavy atom. The standard InChI is InChI=1S/C14H14BrClF2O/c15-10-3-4-12(16)11(7-10)13(19)6-9-2-1-5-14(17,18)8-9/h3-4,7,9H,1-2,5-6,8H2. The van der Waals surface area contributed by atoms with Gasteiger partial charge in [-0.3, -0.25) is 4.79 Å². The average Bonchev–Trinajstić information content (AvgIpc) is 2.31. The van der Waals surface area contributed by atoms with Crippen molar-refractivity contribution in [2.24, 2.45) is 5.92 Å². The average molecular weight is 352 g/mol. The molecule has 0 heterocycles. The molecule has 1 aromatic carbocycles. The van der Waals surface area contributed by atoms with Gasteiger partial charge in [-0.15, -0.1) is 0 Å². The van der Waals surface area contributed by atoms with Crippen LogP contribution in [0.25, 0.3) is 0 Å². The van der Waals surface area contributed by atoms with E-state index in [1.807, 2.05) is 0 Å². The van der Waals surface area contributed by atoms with Gasteiger partial charge >= 0.3 is 0 Å². The second-order valence-electron chi connectivity index (χ2n) is 5.07. The minimum absolute atomic E-state index is 0.0602. The molecule has 104 valence electrons. The van der Waals surface area contributed by atoms with Crippen molar-refractivity contribution in [2.75, 3.05) is 0 Å². The van der Waals surface area contributed by atoms with Crippen molar-refractivity contribution in [1.29, 1.82) is 0 Å². The Kier molecular flexibility index (Phi) is 4.62. The lowest BCUT2D eigenvalue weighted by molar-refractivity contribution is -0.0521. The SMILES string of the molecule is O=C(CC1CCCC(F)(F)C1)c1cc(Br)ccc1Cl. The van der Waals surface area contributed by atoms with Crippen LogP contribution in [0.5, 0.6) is 0 Å². The van der Waals surface area contributed by atoms with Gasteiger partial charge in [-0.05, 0) is 37.0 Å². The number of carbonyl (C=O) groups is 1. The van der Waals surface area contributed by atoms with Gasteiger partial charge in [0.1, 0.15) is 0 Å². The van der Waals surface area contributed by atoms with Gasteiger partial charge in [0.2, 0.25) is 5.92 Å². The lowest BCUT2D eigenvalue weighted by Crippen LogP contribution is -2.27. The van der Waals surface area contributed by atoms with Gasteiger partial charge in [0.15, 0.2) is 5.78 Å². The Bertz CT molecular complexity index is 490. The zero-order valence-corrected chi connectivity index (χ0v) is 12.6. The third-order valence-corrected chi connectivity index (χ3v) is 4.27. The molecule has 0 spiro atoms. The maximum absolute atomic E-state index is 13.3. The van der Waals surface area contributed by atoms with Crippen LogP contribution < -0.4 is 0 Å². The molecule has 2 rings (SSSR count). The first-order valence-corrected chi connectivity index (χ1v) is 7.40. The molecule has 1 saturated carbocycles. The third-order valence-electron chi connectivity index (χ3n) is 3.45. The van der Waals surface area contributed by atoms with Crippen LogP contribution in [0.1, 0.15) is 42.5 Å². The summed E-state index contributed by atoms with van der Waals surface area (Å²) in [6, 6.07) is 5.02. The summed E-state index contributed by atoms with van der Waals surface area (Å²) in [7, 11) is 0. The molecule has 1 fully saturated rings. The molecule has 0 saturated heterocycles. The fourth-order valence-corrected chi connectivity index (χ4v) is 3.12. The summed E-state index contributed by atoms with van der Waals surface area (Å²) in [5.74, 6) is -3.02. The van der Waals surface area contributed by atoms with Crippen LogP contribution in [0.15, 0.2) is 22.7 Å². The number of benzene rings is 1. The van der Waals surface area contributed by atoms with Crippen LogP contribution in [-0.4, -0.2) is 11.7 Å². The highest BCUT2D eigenvalue weighted by molar-refractivity contribution is 9.10. The molecule has 1 atom stereocenters. The van der Waals surface area contributed by atoms with Gasteiger partial charge in [0.05, 0.1) is 5.02 Å². The molecule has 1 aromatic rings. The molecule has 0 radical (unpaired) electrons.